The van der Waals surface area contributed by atoms with Gasteiger partial charge >= 0.3 is 6.03 Å². The van der Waals surface area contributed by atoms with Crippen molar-refractivity contribution in [2.75, 3.05) is 0 Å². The summed E-state index contributed by atoms with van der Waals surface area (Å²) in [5.74, 6) is -0.385. The predicted molar refractivity (Wildman–Crippen MR) is 123 cm³/mol. The molecule has 0 spiro atoms. The van der Waals surface area contributed by atoms with E-state index in [9.17, 15) is 9.59 Å². The molecule has 2 atom stereocenters. The zero-order valence-electron chi connectivity index (χ0n) is 16.7. The maximum absolute atomic E-state index is 13.1. The van der Waals surface area contributed by atoms with E-state index < -0.39 is 18.0 Å². The van der Waals surface area contributed by atoms with Crippen LogP contribution in [0.2, 0.25) is 0 Å². The molecule has 30 heavy (non-hydrogen) atoms. The molecule has 1 heterocycles. The Bertz CT molecular complexity index is 964. The average molecular weight is 537 g/mol. The van der Waals surface area contributed by atoms with Crippen molar-refractivity contribution in [3.63, 3.8) is 0 Å². The number of halogens is 2. The molecule has 158 valence electrons. The van der Waals surface area contributed by atoms with E-state index >= 15 is 0 Å². The third-order valence-corrected chi connectivity index (χ3v) is 5.63. The maximum atomic E-state index is 13.1. The number of amides is 3. The SMILES string of the molecule is C=C1NC(=O)NC(c2cc(Br)cc(Br)c2OC(C)C)C1C(=O)NCc1ccccc1. The van der Waals surface area contributed by atoms with Gasteiger partial charge in [-0.2, -0.15) is 0 Å². The highest BCUT2D eigenvalue weighted by Crippen LogP contribution is 2.41. The Morgan fingerprint density at radius 3 is 2.60 bits per heavy atom. The molecule has 2 aromatic carbocycles. The minimum absolute atomic E-state index is 0.0906. The Morgan fingerprint density at radius 2 is 1.93 bits per heavy atom. The second kappa shape index (κ2) is 9.66. The quantitative estimate of drug-likeness (QED) is 0.496. The van der Waals surface area contributed by atoms with E-state index in [0.717, 1.165) is 14.5 Å². The summed E-state index contributed by atoms with van der Waals surface area (Å²) in [5, 5.41) is 8.44. The topological polar surface area (TPSA) is 79.5 Å². The van der Waals surface area contributed by atoms with Gasteiger partial charge in [0.25, 0.3) is 0 Å². The van der Waals surface area contributed by atoms with E-state index in [2.05, 4.69) is 54.4 Å². The Morgan fingerprint density at radius 1 is 1.23 bits per heavy atom. The molecule has 1 aliphatic heterocycles. The van der Waals surface area contributed by atoms with Crippen LogP contribution in [0.4, 0.5) is 4.79 Å². The standard InChI is InChI=1S/C22H23Br2N3O3/c1-12(2)30-20-16(9-15(23)10-17(20)24)19-18(13(3)26-22(29)27-19)21(28)25-11-14-7-5-4-6-8-14/h4-10,12,18-19H,3,11H2,1-2H3,(H,25,28)(H2,26,27,29). The van der Waals surface area contributed by atoms with Crippen LogP contribution in [0.25, 0.3) is 0 Å². The monoisotopic (exact) mass is 535 g/mol. The highest BCUT2D eigenvalue weighted by molar-refractivity contribution is 9.11. The Hall–Kier alpha value is -2.32. The number of carbonyl (C=O) groups excluding carboxylic acids is 2. The largest absolute Gasteiger partial charge is 0.489 e. The van der Waals surface area contributed by atoms with Gasteiger partial charge in [0, 0.05) is 22.3 Å². The Kier molecular flexibility index (Phi) is 7.20. The van der Waals surface area contributed by atoms with Gasteiger partial charge < -0.3 is 20.7 Å². The Labute approximate surface area is 192 Å². The van der Waals surface area contributed by atoms with Gasteiger partial charge in [0.1, 0.15) is 11.7 Å². The minimum Gasteiger partial charge on any atom is -0.489 e. The molecule has 1 saturated heterocycles. The molecule has 2 aromatic rings. The summed E-state index contributed by atoms with van der Waals surface area (Å²) in [7, 11) is 0. The van der Waals surface area contributed by atoms with Crippen molar-refractivity contribution < 1.29 is 14.3 Å². The van der Waals surface area contributed by atoms with E-state index in [1.165, 1.54) is 0 Å². The second-order valence-electron chi connectivity index (χ2n) is 7.26. The molecule has 3 N–H and O–H groups in total. The number of rotatable bonds is 6. The van der Waals surface area contributed by atoms with Crippen molar-refractivity contribution in [1.29, 1.82) is 0 Å². The third-order valence-electron chi connectivity index (χ3n) is 4.59. The summed E-state index contributed by atoms with van der Waals surface area (Å²) in [4.78, 5) is 25.4. The molecular weight excluding hydrogens is 514 g/mol. The summed E-state index contributed by atoms with van der Waals surface area (Å²) >= 11 is 7.03. The van der Waals surface area contributed by atoms with Crippen LogP contribution in [0.15, 0.2) is 63.7 Å². The number of ether oxygens (including phenoxy) is 1. The summed E-state index contributed by atoms with van der Waals surface area (Å²) in [5.41, 5.74) is 2.00. The molecule has 3 rings (SSSR count). The van der Waals surface area contributed by atoms with Crippen molar-refractivity contribution in [3.05, 3.63) is 74.8 Å². The van der Waals surface area contributed by atoms with Gasteiger partial charge in [0.15, 0.2) is 0 Å². The lowest BCUT2D eigenvalue weighted by Gasteiger charge is -2.35. The first-order valence-electron chi connectivity index (χ1n) is 9.49. The smallest absolute Gasteiger partial charge is 0.319 e. The van der Waals surface area contributed by atoms with Crippen molar-refractivity contribution in [1.82, 2.24) is 16.0 Å². The average Bonchev–Trinajstić information content (AvgIpc) is 2.68. The first-order chi connectivity index (χ1) is 14.3. The maximum Gasteiger partial charge on any atom is 0.319 e. The van der Waals surface area contributed by atoms with Gasteiger partial charge in [-0.1, -0.05) is 52.8 Å². The number of nitrogens with one attached hydrogen (secondary N) is 3. The molecule has 0 bridgehead atoms. The lowest BCUT2D eigenvalue weighted by molar-refractivity contribution is -0.125. The fourth-order valence-electron chi connectivity index (χ4n) is 3.32. The molecular formula is C22H23Br2N3O3. The van der Waals surface area contributed by atoms with Gasteiger partial charge in [0.05, 0.1) is 16.6 Å². The molecule has 2 unspecified atom stereocenters. The highest BCUT2D eigenvalue weighted by Gasteiger charge is 2.39. The summed E-state index contributed by atoms with van der Waals surface area (Å²) in [6.07, 6.45) is -0.0906. The zero-order chi connectivity index (χ0) is 21.8. The van der Waals surface area contributed by atoms with Crippen molar-refractivity contribution >= 4 is 43.8 Å². The summed E-state index contributed by atoms with van der Waals surface area (Å²) < 4.78 is 7.53. The first-order valence-corrected chi connectivity index (χ1v) is 11.1. The lowest BCUT2D eigenvalue weighted by atomic mass is 9.87. The van der Waals surface area contributed by atoms with Crippen LogP contribution in [0.3, 0.4) is 0 Å². The first kappa shape index (κ1) is 22.4. The van der Waals surface area contributed by atoms with Crippen molar-refractivity contribution in [2.24, 2.45) is 5.92 Å². The fraction of sp³-hybridized carbons (Fsp3) is 0.273. The molecule has 1 aliphatic rings. The lowest BCUT2D eigenvalue weighted by Crippen LogP contribution is -2.53. The molecule has 8 heteroatoms. The van der Waals surface area contributed by atoms with Crippen LogP contribution >= 0.6 is 31.9 Å². The molecule has 1 fully saturated rings. The van der Waals surface area contributed by atoms with Gasteiger partial charge in [-0.3, -0.25) is 4.79 Å². The van der Waals surface area contributed by atoms with Gasteiger partial charge in [-0.25, -0.2) is 4.79 Å². The number of carbonyl (C=O) groups is 2. The van der Waals surface area contributed by atoms with Crippen molar-refractivity contribution in [3.8, 4) is 5.75 Å². The normalized spacial score (nSPS) is 18.6. The van der Waals surface area contributed by atoms with Crippen LogP contribution in [0, 0.1) is 5.92 Å². The molecule has 0 aliphatic carbocycles. The van der Waals surface area contributed by atoms with Crippen LogP contribution in [0.1, 0.15) is 31.0 Å². The predicted octanol–water partition coefficient (Wildman–Crippen LogP) is 4.80. The van der Waals surface area contributed by atoms with Crippen LogP contribution < -0.4 is 20.7 Å². The van der Waals surface area contributed by atoms with Crippen molar-refractivity contribution in [2.45, 2.75) is 32.5 Å². The van der Waals surface area contributed by atoms with Gasteiger partial charge in [-0.15, -0.1) is 0 Å². The molecule has 0 aromatic heterocycles. The van der Waals surface area contributed by atoms with E-state index in [1.807, 2.05) is 56.3 Å². The van der Waals surface area contributed by atoms with Gasteiger partial charge in [-0.05, 0) is 47.5 Å². The number of hydrogen-bond donors (Lipinski definition) is 3. The van der Waals surface area contributed by atoms with Gasteiger partial charge in [0.2, 0.25) is 5.91 Å². The number of hydrogen-bond acceptors (Lipinski definition) is 3. The van der Waals surface area contributed by atoms with Crippen LogP contribution in [0.5, 0.6) is 5.75 Å². The summed E-state index contributed by atoms with van der Waals surface area (Å²) in [6.45, 7) is 8.15. The van der Waals surface area contributed by atoms with E-state index in [1.54, 1.807) is 0 Å². The Balaban J connectivity index is 1.95. The molecule has 3 amide bonds. The number of benzene rings is 2. The molecule has 6 nitrogen and oxygen atoms in total. The second-order valence-corrected chi connectivity index (χ2v) is 9.03. The number of urea groups is 1. The van der Waals surface area contributed by atoms with E-state index in [0.29, 0.717) is 23.6 Å². The molecule has 0 radical (unpaired) electrons. The molecule has 0 saturated carbocycles. The van der Waals surface area contributed by atoms with E-state index in [4.69, 9.17) is 4.74 Å². The minimum atomic E-state index is -0.720. The van der Waals surface area contributed by atoms with Crippen LogP contribution in [-0.2, 0) is 11.3 Å². The van der Waals surface area contributed by atoms with E-state index in [-0.39, 0.29) is 12.0 Å². The van der Waals surface area contributed by atoms with Crippen LogP contribution in [-0.4, -0.2) is 18.0 Å². The fourth-order valence-corrected chi connectivity index (χ4v) is 4.67. The third kappa shape index (κ3) is 5.23. The summed E-state index contributed by atoms with van der Waals surface area (Å²) in [6, 6.07) is 12.3. The zero-order valence-corrected chi connectivity index (χ0v) is 19.8. The highest BCUT2D eigenvalue weighted by atomic mass is 79.9.